The number of hydrogen-bond donors (Lipinski definition) is 2. The fraction of sp³-hybridized carbons (Fsp3) is 0.200. The summed E-state index contributed by atoms with van der Waals surface area (Å²) < 4.78 is 10.2. The SMILES string of the molecule is O=C(O)CC(NC(=O)OCc1ccccc1)c1ccco1. The van der Waals surface area contributed by atoms with Crippen molar-refractivity contribution in [1.29, 1.82) is 0 Å². The van der Waals surface area contributed by atoms with Crippen molar-refractivity contribution in [3.8, 4) is 0 Å². The Labute approximate surface area is 121 Å². The molecule has 110 valence electrons. The van der Waals surface area contributed by atoms with E-state index in [-0.39, 0.29) is 13.0 Å². The van der Waals surface area contributed by atoms with Gasteiger partial charge in [0, 0.05) is 0 Å². The third-order valence-electron chi connectivity index (χ3n) is 2.77. The predicted molar refractivity (Wildman–Crippen MR) is 73.5 cm³/mol. The molecule has 0 aliphatic rings. The summed E-state index contributed by atoms with van der Waals surface area (Å²) in [5.74, 6) is -0.672. The van der Waals surface area contributed by atoms with Crippen LogP contribution in [0.5, 0.6) is 0 Å². The number of furan rings is 1. The van der Waals surface area contributed by atoms with Crippen LogP contribution in [0.3, 0.4) is 0 Å². The molecule has 1 aromatic heterocycles. The normalized spacial score (nSPS) is 11.6. The van der Waals surface area contributed by atoms with Gasteiger partial charge in [0.15, 0.2) is 0 Å². The van der Waals surface area contributed by atoms with Crippen molar-refractivity contribution < 1.29 is 23.8 Å². The molecule has 2 N–H and O–H groups in total. The minimum absolute atomic E-state index is 0.116. The van der Waals surface area contributed by atoms with Crippen molar-refractivity contribution >= 4 is 12.1 Å². The lowest BCUT2D eigenvalue weighted by Crippen LogP contribution is -2.30. The molecule has 2 aromatic rings. The zero-order valence-corrected chi connectivity index (χ0v) is 11.2. The number of hydrogen-bond acceptors (Lipinski definition) is 4. The number of alkyl carbamates (subject to hydrolysis) is 1. The lowest BCUT2D eigenvalue weighted by atomic mass is 10.1. The molecule has 1 amide bonds. The molecule has 21 heavy (non-hydrogen) atoms. The second-order valence-corrected chi connectivity index (χ2v) is 4.37. The summed E-state index contributed by atoms with van der Waals surface area (Å²) in [4.78, 5) is 22.6. The van der Waals surface area contributed by atoms with E-state index >= 15 is 0 Å². The van der Waals surface area contributed by atoms with Crippen LogP contribution in [0, 0.1) is 0 Å². The Morgan fingerprint density at radius 1 is 1.19 bits per heavy atom. The molecule has 0 saturated heterocycles. The maximum atomic E-state index is 11.7. The third kappa shape index (κ3) is 4.68. The number of carboxylic acid groups (broad SMARTS) is 1. The van der Waals surface area contributed by atoms with E-state index in [1.807, 2.05) is 30.3 Å². The lowest BCUT2D eigenvalue weighted by Gasteiger charge is -2.14. The van der Waals surface area contributed by atoms with Gasteiger partial charge in [0.25, 0.3) is 0 Å². The average Bonchev–Trinajstić information content (AvgIpc) is 2.99. The van der Waals surface area contributed by atoms with Crippen molar-refractivity contribution in [2.24, 2.45) is 0 Å². The quantitative estimate of drug-likeness (QED) is 0.853. The second-order valence-electron chi connectivity index (χ2n) is 4.37. The lowest BCUT2D eigenvalue weighted by molar-refractivity contribution is -0.137. The van der Waals surface area contributed by atoms with Crippen LogP contribution in [0.2, 0.25) is 0 Å². The topological polar surface area (TPSA) is 88.8 Å². The minimum atomic E-state index is -1.04. The summed E-state index contributed by atoms with van der Waals surface area (Å²) in [5.41, 5.74) is 0.848. The Kier molecular flexibility index (Phi) is 4.98. The molecule has 2 rings (SSSR count). The highest BCUT2D eigenvalue weighted by Crippen LogP contribution is 2.17. The van der Waals surface area contributed by atoms with Crippen LogP contribution >= 0.6 is 0 Å². The van der Waals surface area contributed by atoms with Gasteiger partial charge in [-0.3, -0.25) is 4.79 Å². The Balaban J connectivity index is 1.90. The number of nitrogens with one attached hydrogen (secondary N) is 1. The Morgan fingerprint density at radius 2 is 1.95 bits per heavy atom. The molecular formula is C15H15NO5. The van der Waals surface area contributed by atoms with Gasteiger partial charge >= 0.3 is 12.1 Å². The molecule has 6 heteroatoms. The summed E-state index contributed by atoms with van der Waals surface area (Å²) in [7, 11) is 0. The van der Waals surface area contributed by atoms with Crippen LogP contribution in [0.4, 0.5) is 4.79 Å². The number of benzene rings is 1. The van der Waals surface area contributed by atoms with Gasteiger partial charge in [-0.05, 0) is 17.7 Å². The van der Waals surface area contributed by atoms with Gasteiger partial charge in [-0.15, -0.1) is 0 Å². The first-order valence-corrected chi connectivity index (χ1v) is 6.37. The molecule has 1 atom stereocenters. The summed E-state index contributed by atoms with van der Waals surface area (Å²) in [5, 5.41) is 11.4. The van der Waals surface area contributed by atoms with E-state index in [2.05, 4.69) is 5.32 Å². The minimum Gasteiger partial charge on any atom is -0.481 e. The van der Waals surface area contributed by atoms with Crippen LogP contribution in [0.1, 0.15) is 23.8 Å². The van der Waals surface area contributed by atoms with Crippen LogP contribution in [-0.2, 0) is 16.1 Å². The van der Waals surface area contributed by atoms with E-state index in [0.29, 0.717) is 5.76 Å². The maximum absolute atomic E-state index is 11.7. The highest BCUT2D eigenvalue weighted by Gasteiger charge is 2.21. The zero-order valence-electron chi connectivity index (χ0n) is 11.2. The van der Waals surface area contributed by atoms with E-state index in [1.165, 1.54) is 6.26 Å². The van der Waals surface area contributed by atoms with Crippen molar-refractivity contribution in [3.63, 3.8) is 0 Å². The highest BCUT2D eigenvalue weighted by atomic mass is 16.5. The molecule has 1 heterocycles. The van der Waals surface area contributed by atoms with Gasteiger partial charge in [-0.1, -0.05) is 30.3 Å². The smallest absolute Gasteiger partial charge is 0.408 e. The second kappa shape index (κ2) is 7.14. The molecule has 0 bridgehead atoms. The Morgan fingerprint density at radius 3 is 2.57 bits per heavy atom. The molecule has 1 aromatic carbocycles. The van der Waals surface area contributed by atoms with Crippen molar-refractivity contribution in [2.75, 3.05) is 0 Å². The van der Waals surface area contributed by atoms with Gasteiger partial charge in [0.05, 0.1) is 12.7 Å². The fourth-order valence-corrected chi connectivity index (χ4v) is 1.79. The maximum Gasteiger partial charge on any atom is 0.408 e. The molecule has 0 aliphatic heterocycles. The van der Waals surface area contributed by atoms with E-state index < -0.39 is 18.1 Å². The van der Waals surface area contributed by atoms with Crippen molar-refractivity contribution in [1.82, 2.24) is 5.32 Å². The first-order chi connectivity index (χ1) is 10.1. The number of rotatable bonds is 6. The largest absolute Gasteiger partial charge is 0.481 e. The molecule has 0 fully saturated rings. The van der Waals surface area contributed by atoms with Gasteiger partial charge in [-0.2, -0.15) is 0 Å². The Hall–Kier alpha value is -2.76. The number of carbonyl (C=O) groups is 2. The molecule has 1 unspecified atom stereocenters. The predicted octanol–water partition coefficient (Wildman–Crippen LogP) is 2.72. The van der Waals surface area contributed by atoms with Gasteiger partial charge < -0.3 is 19.6 Å². The standard InChI is InChI=1S/C15H15NO5/c17-14(18)9-12(13-7-4-8-20-13)16-15(19)21-10-11-5-2-1-3-6-11/h1-8,12H,9-10H2,(H,16,19)(H,17,18). The van der Waals surface area contributed by atoms with Crippen LogP contribution in [0.15, 0.2) is 53.1 Å². The Bertz CT molecular complexity index is 579. The summed E-state index contributed by atoms with van der Waals surface area (Å²) in [6, 6.07) is 11.7. The first-order valence-electron chi connectivity index (χ1n) is 6.37. The van der Waals surface area contributed by atoms with Crippen LogP contribution < -0.4 is 5.32 Å². The highest BCUT2D eigenvalue weighted by molar-refractivity contribution is 5.71. The van der Waals surface area contributed by atoms with Crippen LogP contribution in [-0.4, -0.2) is 17.2 Å². The number of amides is 1. The molecule has 0 aliphatic carbocycles. The third-order valence-corrected chi connectivity index (χ3v) is 2.77. The van der Waals surface area contributed by atoms with E-state index in [4.69, 9.17) is 14.3 Å². The van der Waals surface area contributed by atoms with Gasteiger partial charge in [0.1, 0.15) is 18.4 Å². The molecule has 0 radical (unpaired) electrons. The molecule has 6 nitrogen and oxygen atoms in total. The molecular weight excluding hydrogens is 274 g/mol. The molecule has 0 spiro atoms. The summed E-state index contributed by atoms with van der Waals surface area (Å²) in [6.07, 6.45) is 0.441. The number of aliphatic carboxylic acids is 1. The van der Waals surface area contributed by atoms with Gasteiger partial charge in [-0.25, -0.2) is 4.79 Å². The molecule has 0 saturated carbocycles. The van der Waals surface area contributed by atoms with Crippen molar-refractivity contribution in [3.05, 3.63) is 60.1 Å². The number of carboxylic acids is 1. The summed E-state index contributed by atoms with van der Waals surface area (Å²) >= 11 is 0. The summed E-state index contributed by atoms with van der Waals surface area (Å²) in [6.45, 7) is 0.116. The van der Waals surface area contributed by atoms with Gasteiger partial charge in [0.2, 0.25) is 0 Å². The first kappa shape index (κ1) is 14.6. The number of ether oxygens (including phenoxy) is 1. The van der Waals surface area contributed by atoms with E-state index in [0.717, 1.165) is 5.56 Å². The fourth-order valence-electron chi connectivity index (χ4n) is 1.79. The van der Waals surface area contributed by atoms with E-state index in [9.17, 15) is 9.59 Å². The van der Waals surface area contributed by atoms with E-state index in [1.54, 1.807) is 12.1 Å². The van der Waals surface area contributed by atoms with Crippen LogP contribution in [0.25, 0.3) is 0 Å². The monoisotopic (exact) mass is 289 g/mol. The number of carbonyl (C=O) groups excluding carboxylic acids is 1. The van der Waals surface area contributed by atoms with Crippen molar-refractivity contribution in [2.45, 2.75) is 19.1 Å². The zero-order chi connectivity index (χ0) is 15.1. The average molecular weight is 289 g/mol.